The second kappa shape index (κ2) is 5.21. The molecule has 1 N–H and O–H groups in total. The van der Waals surface area contributed by atoms with Gasteiger partial charge in [0.1, 0.15) is 5.82 Å². The Labute approximate surface area is 111 Å². The molecule has 0 saturated heterocycles. The molecule has 2 rings (SSSR count). The highest BCUT2D eigenvalue weighted by molar-refractivity contribution is 7.10. The molecule has 1 unspecified atom stereocenters. The summed E-state index contributed by atoms with van der Waals surface area (Å²) in [5.74, 6) is -1.26. The molecule has 1 aromatic heterocycles. The van der Waals surface area contributed by atoms with Crippen LogP contribution in [0.2, 0.25) is 0 Å². The zero-order valence-electron chi connectivity index (χ0n) is 9.96. The average molecular weight is 289 g/mol. The van der Waals surface area contributed by atoms with E-state index < -0.39 is 17.6 Å². The molecule has 0 aliphatic carbocycles. The van der Waals surface area contributed by atoms with Crippen molar-refractivity contribution in [3.05, 3.63) is 52.0 Å². The van der Waals surface area contributed by atoms with Crippen LogP contribution in [0.15, 0.2) is 35.7 Å². The van der Waals surface area contributed by atoms with Crippen LogP contribution in [0.5, 0.6) is 0 Å². The van der Waals surface area contributed by atoms with Crippen molar-refractivity contribution >= 4 is 17.0 Å². The number of hydrogen-bond donors (Lipinski definition) is 1. The van der Waals surface area contributed by atoms with Gasteiger partial charge in [0, 0.05) is 10.6 Å². The maximum absolute atomic E-state index is 13.1. The number of benzene rings is 1. The molecular weight excluding hydrogens is 278 g/mol. The van der Waals surface area contributed by atoms with E-state index >= 15 is 0 Å². The van der Waals surface area contributed by atoms with E-state index in [0.29, 0.717) is 0 Å². The Bertz CT molecular complexity index is 548. The summed E-state index contributed by atoms with van der Waals surface area (Å²) in [6, 6.07) is 6.53. The fourth-order valence-electron chi connectivity index (χ4n) is 1.69. The van der Waals surface area contributed by atoms with Crippen LogP contribution in [0.1, 0.15) is 23.4 Å². The van der Waals surface area contributed by atoms with E-state index in [4.69, 9.17) is 0 Å². The number of nitrogens with one attached hydrogen (secondary N) is 1. The second-order valence-electron chi connectivity index (χ2n) is 4.07. The van der Waals surface area contributed by atoms with Gasteiger partial charge in [0.15, 0.2) is 0 Å². The summed E-state index contributed by atoms with van der Waals surface area (Å²) in [5, 5.41) is 4.82. The van der Waals surface area contributed by atoms with Crippen LogP contribution in [-0.4, -0.2) is 0 Å². The minimum absolute atomic E-state index is 0.133. The van der Waals surface area contributed by atoms with Crippen LogP contribution in [-0.2, 0) is 6.18 Å². The topological polar surface area (TPSA) is 12.0 Å². The maximum atomic E-state index is 13.1. The third-order valence-electron chi connectivity index (χ3n) is 2.62. The van der Waals surface area contributed by atoms with Gasteiger partial charge in [0.2, 0.25) is 0 Å². The van der Waals surface area contributed by atoms with Crippen LogP contribution in [0.4, 0.5) is 23.2 Å². The SMILES string of the molecule is CC(Nc1ccc(F)c(C(F)(F)F)c1)c1cccs1. The van der Waals surface area contributed by atoms with E-state index in [1.54, 1.807) is 0 Å². The number of rotatable bonds is 3. The lowest BCUT2D eigenvalue weighted by Gasteiger charge is -2.16. The molecule has 6 heteroatoms. The molecular formula is C13H11F4NS. The smallest absolute Gasteiger partial charge is 0.378 e. The largest absolute Gasteiger partial charge is 0.419 e. The van der Waals surface area contributed by atoms with Gasteiger partial charge in [0.05, 0.1) is 11.6 Å². The van der Waals surface area contributed by atoms with Crippen molar-refractivity contribution in [1.29, 1.82) is 0 Å². The van der Waals surface area contributed by atoms with E-state index in [0.717, 1.165) is 17.0 Å². The molecule has 102 valence electrons. The molecule has 1 aromatic carbocycles. The molecule has 0 radical (unpaired) electrons. The molecule has 0 spiro atoms. The van der Waals surface area contributed by atoms with Crippen molar-refractivity contribution < 1.29 is 17.6 Å². The Morgan fingerprint density at radius 3 is 2.53 bits per heavy atom. The highest BCUT2D eigenvalue weighted by Crippen LogP contribution is 2.34. The van der Waals surface area contributed by atoms with Gasteiger partial charge >= 0.3 is 6.18 Å². The molecule has 0 fully saturated rings. The van der Waals surface area contributed by atoms with E-state index in [-0.39, 0.29) is 11.7 Å². The number of halogens is 4. The normalized spacial score (nSPS) is 13.3. The summed E-state index contributed by atoms with van der Waals surface area (Å²) >= 11 is 1.50. The Balaban J connectivity index is 2.22. The zero-order valence-corrected chi connectivity index (χ0v) is 10.8. The number of hydrogen-bond acceptors (Lipinski definition) is 2. The van der Waals surface area contributed by atoms with Gasteiger partial charge in [0.25, 0.3) is 0 Å². The van der Waals surface area contributed by atoms with E-state index in [2.05, 4.69) is 5.32 Å². The molecule has 19 heavy (non-hydrogen) atoms. The van der Waals surface area contributed by atoms with Crippen molar-refractivity contribution in [3.63, 3.8) is 0 Å². The summed E-state index contributed by atoms with van der Waals surface area (Å²) < 4.78 is 50.9. The fraction of sp³-hybridized carbons (Fsp3) is 0.231. The summed E-state index contributed by atoms with van der Waals surface area (Å²) in [5.41, 5.74) is -1.01. The van der Waals surface area contributed by atoms with E-state index in [1.165, 1.54) is 17.4 Å². The van der Waals surface area contributed by atoms with E-state index in [1.807, 2.05) is 24.4 Å². The highest BCUT2D eigenvalue weighted by atomic mass is 32.1. The van der Waals surface area contributed by atoms with Crippen molar-refractivity contribution in [2.45, 2.75) is 19.1 Å². The number of anilines is 1. The van der Waals surface area contributed by atoms with E-state index in [9.17, 15) is 17.6 Å². The lowest BCUT2D eigenvalue weighted by atomic mass is 10.1. The van der Waals surface area contributed by atoms with Crippen molar-refractivity contribution in [2.75, 3.05) is 5.32 Å². The van der Waals surface area contributed by atoms with Gasteiger partial charge in [-0.1, -0.05) is 6.07 Å². The molecule has 0 bridgehead atoms. The van der Waals surface area contributed by atoms with Crippen molar-refractivity contribution in [2.24, 2.45) is 0 Å². The third-order valence-corrected chi connectivity index (χ3v) is 3.68. The van der Waals surface area contributed by atoms with Gasteiger partial charge in [-0.25, -0.2) is 4.39 Å². The van der Waals surface area contributed by atoms with Crippen molar-refractivity contribution in [1.82, 2.24) is 0 Å². The molecule has 2 aromatic rings. The summed E-state index contributed by atoms with van der Waals surface area (Å²) in [7, 11) is 0. The predicted octanol–water partition coefficient (Wildman–Crippen LogP) is 5.08. The Hall–Kier alpha value is -1.56. The lowest BCUT2D eigenvalue weighted by Crippen LogP contribution is -2.10. The van der Waals surface area contributed by atoms with Gasteiger partial charge in [-0.2, -0.15) is 13.2 Å². The Kier molecular flexibility index (Phi) is 3.80. The molecule has 0 aliphatic heterocycles. The second-order valence-corrected chi connectivity index (χ2v) is 5.05. The first kappa shape index (κ1) is 13.9. The van der Waals surface area contributed by atoms with Crippen LogP contribution >= 0.6 is 11.3 Å². The summed E-state index contributed by atoms with van der Waals surface area (Å²) in [4.78, 5) is 0.998. The molecule has 0 amide bonds. The minimum Gasteiger partial charge on any atom is -0.378 e. The summed E-state index contributed by atoms with van der Waals surface area (Å²) in [6.45, 7) is 1.84. The van der Waals surface area contributed by atoms with Gasteiger partial charge in [-0.15, -0.1) is 11.3 Å². The molecule has 1 heterocycles. The third kappa shape index (κ3) is 3.26. The lowest BCUT2D eigenvalue weighted by molar-refractivity contribution is -0.139. The quantitative estimate of drug-likeness (QED) is 0.777. The molecule has 1 nitrogen and oxygen atoms in total. The summed E-state index contributed by atoms with van der Waals surface area (Å²) in [6.07, 6.45) is -4.69. The maximum Gasteiger partial charge on any atom is 0.419 e. The van der Waals surface area contributed by atoms with Crippen LogP contribution < -0.4 is 5.32 Å². The number of alkyl halides is 3. The fourth-order valence-corrected chi connectivity index (χ4v) is 2.43. The van der Waals surface area contributed by atoms with Crippen LogP contribution in [0, 0.1) is 5.82 Å². The van der Waals surface area contributed by atoms with Gasteiger partial charge < -0.3 is 5.32 Å². The Morgan fingerprint density at radius 2 is 1.95 bits per heavy atom. The standard InChI is InChI=1S/C13H11F4NS/c1-8(12-3-2-6-19-12)18-9-4-5-11(14)10(7-9)13(15,16)17/h2-8,18H,1H3. The van der Waals surface area contributed by atoms with Gasteiger partial charge in [-0.05, 0) is 36.6 Å². The molecule has 0 saturated carbocycles. The predicted molar refractivity (Wildman–Crippen MR) is 67.8 cm³/mol. The molecule has 1 atom stereocenters. The highest BCUT2D eigenvalue weighted by Gasteiger charge is 2.34. The molecule has 0 aliphatic rings. The van der Waals surface area contributed by atoms with Crippen molar-refractivity contribution in [3.8, 4) is 0 Å². The number of thiophene rings is 1. The van der Waals surface area contributed by atoms with Crippen LogP contribution in [0.3, 0.4) is 0 Å². The minimum atomic E-state index is -4.69. The monoisotopic (exact) mass is 289 g/mol. The van der Waals surface area contributed by atoms with Crippen LogP contribution in [0.25, 0.3) is 0 Å². The first-order valence-corrected chi connectivity index (χ1v) is 6.42. The average Bonchev–Trinajstić information content (AvgIpc) is 2.83. The first-order valence-electron chi connectivity index (χ1n) is 5.54. The zero-order chi connectivity index (χ0) is 14.0. The first-order chi connectivity index (χ1) is 8.88. The van der Waals surface area contributed by atoms with Gasteiger partial charge in [-0.3, -0.25) is 0 Å². The Morgan fingerprint density at radius 1 is 1.21 bits per heavy atom.